The summed E-state index contributed by atoms with van der Waals surface area (Å²) >= 11 is 3.28. The van der Waals surface area contributed by atoms with Gasteiger partial charge in [-0.3, -0.25) is 0 Å². The second-order valence-corrected chi connectivity index (χ2v) is 3.74. The molecule has 0 unspecified atom stereocenters. The Morgan fingerprint density at radius 1 is 1.53 bits per heavy atom. The summed E-state index contributed by atoms with van der Waals surface area (Å²) in [4.78, 5) is 11.5. The lowest BCUT2D eigenvalue weighted by atomic mass is 10.3. The van der Waals surface area contributed by atoms with Crippen LogP contribution in [0.1, 0.15) is 17.3 Å². The lowest BCUT2D eigenvalue weighted by Gasteiger charge is -1.99. The normalized spacial score (nSPS) is 10.5. The van der Waals surface area contributed by atoms with Crippen molar-refractivity contribution in [1.29, 1.82) is 0 Å². The predicted molar refractivity (Wildman–Crippen MR) is 56.6 cm³/mol. The Hall–Kier alpha value is -1.43. The fraction of sp³-hybridized carbons (Fsp3) is 0.222. The first-order valence-corrected chi connectivity index (χ1v) is 5.18. The van der Waals surface area contributed by atoms with E-state index < -0.39 is 0 Å². The van der Waals surface area contributed by atoms with Gasteiger partial charge in [-0.25, -0.2) is 4.79 Å². The molecule has 2 rings (SSSR count). The summed E-state index contributed by atoms with van der Waals surface area (Å²) in [6.07, 6.45) is 3.06. The molecule has 0 saturated heterocycles. The number of fused-ring (bicyclic) bond motifs is 1. The van der Waals surface area contributed by atoms with E-state index in [0.29, 0.717) is 17.7 Å². The Morgan fingerprint density at radius 3 is 3.00 bits per heavy atom. The van der Waals surface area contributed by atoms with E-state index in [1.54, 1.807) is 19.2 Å². The van der Waals surface area contributed by atoms with E-state index in [2.05, 4.69) is 26.1 Å². The molecule has 0 amide bonds. The molecule has 0 aromatic carbocycles. The van der Waals surface area contributed by atoms with E-state index in [0.717, 1.165) is 4.47 Å². The highest BCUT2D eigenvalue weighted by Gasteiger charge is 2.14. The molecule has 0 aliphatic carbocycles. The predicted octanol–water partition coefficient (Wildman–Crippen LogP) is 1.67. The van der Waals surface area contributed by atoms with Crippen molar-refractivity contribution in [2.45, 2.75) is 6.92 Å². The number of hydrogen-bond donors (Lipinski definition) is 0. The van der Waals surface area contributed by atoms with Gasteiger partial charge in [0.05, 0.1) is 19.0 Å². The highest BCUT2D eigenvalue weighted by atomic mass is 79.9. The van der Waals surface area contributed by atoms with Crippen LogP contribution in [0.25, 0.3) is 5.52 Å². The third-order valence-corrected chi connectivity index (χ3v) is 2.28. The summed E-state index contributed by atoms with van der Waals surface area (Å²) in [7, 11) is 0. The van der Waals surface area contributed by atoms with Gasteiger partial charge < -0.3 is 4.74 Å². The zero-order chi connectivity index (χ0) is 10.8. The van der Waals surface area contributed by atoms with Crippen LogP contribution < -0.4 is 0 Å². The number of aromatic nitrogens is 3. The average Bonchev–Trinajstić information content (AvgIpc) is 2.60. The van der Waals surface area contributed by atoms with Gasteiger partial charge in [-0.1, -0.05) is 0 Å². The Labute approximate surface area is 94.2 Å². The SMILES string of the molecule is CCOC(=O)c1cnn2ncc(Br)cc12. The second kappa shape index (κ2) is 3.98. The molecule has 0 N–H and O–H groups in total. The van der Waals surface area contributed by atoms with Gasteiger partial charge >= 0.3 is 5.97 Å². The van der Waals surface area contributed by atoms with Crippen molar-refractivity contribution in [2.75, 3.05) is 6.61 Å². The number of carbonyl (C=O) groups excluding carboxylic acids is 1. The zero-order valence-corrected chi connectivity index (χ0v) is 9.56. The summed E-state index contributed by atoms with van der Waals surface area (Å²) in [6.45, 7) is 2.11. The number of hydrogen-bond acceptors (Lipinski definition) is 4. The topological polar surface area (TPSA) is 56.5 Å². The fourth-order valence-corrected chi connectivity index (χ4v) is 1.53. The van der Waals surface area contributed by atoms with Gasteiger partial charge in [0.25, 0.3) is 0 Å². The number of esters is 1. The van der Waals surface area contributed by atoms with Gasteiger partial charge in [-0.2, -0.15) is 14.8 Å². The summed E-state index contributed by atoms with van der Waals surface area (Å²) < 4.78 is 7.08. The molecule has 15 heavy (non-hydrogen) atoms. The van der Waals surface area contributed by atoms with Crippen molar-refractivity contribution >= 4 is 27.4 Å². The number of halogens is 1. The largest absolute Gasteiger partial charge is 0.462 e. The number of ether oxygens (including phenoxy) is 1. The van der Waals surface area contributed by atoms with Crippen LogP contribution in [0.15, 0.2) is 22.9 Å². The van der Waals surface area contributed by atoms with Crippen molar-refractivity contribution < 1.29 is 9.53 Å². The van der Waals surface area contributed by atoms with E-state index in [1.807, 2.05) is 0 Å². The van der Waals surface area contributed by atoms with E-state index in [4.69, 9.17) is 4.74 Å². The zero-order valence-electron chi connectivity index (χ0n) is 7.98. The van der Waals surface area contributed by atoms with Crippen molar-refractivity contribution in [3.63, 3.8) is 0 Å². The maximum atomic E-state index is 11.5. The molecule has 0 aliphatic heterocycles. The van der Waals surface area contributed by atoms with Crippen LogP contribution >= 0.6 is 15.9 Å². The minimum atomic E-state index is -0.382. The number of rotatable bonds is 2. The molecule has 0 saturated carbocycles. The summed E-state index contributed by atoms with van der Waals surface area (Å²) in [5, 5.41) is 7.94. The molecule has 2 heterocycles. The van der Waals surface area contributed by atoms with Gasteiger partial charge in [0.1, 0.15) is 11.1 Å². The Bertz CT molecular complexity index is 509. The first kappa shape index (κ1) is 10.1. The van der Waals surface area contributed by atoms with Gasteiger partial charge in [0.15, 0.2) is 0 Å². The molecule has 0 aliphatic rings. The third-order valence-electron chi connectivity index (χ3n) is 1.85. The summed E-state index contributed by atoms with van der Waals surface area (Å²) in [5.41, 5.74) is 1.05. The monoisotopic (exact) mass is 269 g/mol. The highest BCUT2D eigenvalue weighted by Crippen LogP contribution is 2.15. The maximum Gasteiger partial charge on any atom is 0.342 e. The minimum absolute atomic E-state index is 0.345. The molecule has 0 spiro atoms. The Balaban J connectivity index is 2.52. The van der Waals surface area contributed by atoms with E-state index in [-0.39, 0.29) is 5.97 Å². The van der Waals surface area contributed by atoms with Crippen molar-refractivity contribution in [3.05, 3.63) is 28.5 Å². The van der Waals surface area contributed by atoms with Gasteiger partial charge in [-0.05, 0) is 28.9 Å². The van der Waals surface area contributed by atoms with Crippen LogP contribution in [0.4, 0.5) is 0 Å². The van der Waals surface area contributed by atoms with Crippen molar-refractivity contribution in [3.8, 4) is 0 Å². The van der Waals surface area contributed by atoms with Gasteiger partial charge in [-0.15, -0.1) is 0 Å². The maximum absolute atomic E-state index is 11.5. The standard InChI is InChI=1S/C9H8BrN3O2/c1-2-15-9(14)7-5-12-13-8(7)3-6(10)4-11-13/h3-5H,2H2,1H3. The van der Waals surface area contributed by atoms with Crippen LogP contribution in [0.2, 0.25) is 0 Å². The quantitative estimate of drug-likeness (QED) is 0.779. The van der Waals surface area contributed by atoms with Crippen LogP contribution in [-0.2, 0) is 4.74 Å². The second-order valence-electron chi connectivity index (χ2n) is 2.83. The first-order chi connectivity index (χ1) is 7.22. The fourth-order valence-electron chi connectivity index (χ4n) is 1.22. The Morgan fingerprint density at radius 2 is 2.27 bits per heavy atom. The lowest BCUT2D eigenvalue weighted by Crippen LogP contribution is -2.04. The van der Waals surface area contributed by atoms with Crippen molar-refractivity contribution in [1.82, 2.24) is 14.8 Å². The molecule has 0 fully saturated rings. The van der Waals surface area contributed by atoms with E-state index >= 15 is 0 Å². The molecule has 5 nitrogen and oxygen atoms in total. The van der Waals surface area contributed by atoms with E-state index in [9.17, 15) is 4.79 Å². The molecule has 78 valence electrons. The third kappa shape index (κ3) is 1.85. The average molecular weight is 270 g/mol. The molecule has 0 bridgehead atoms. The molecule has 0 atom stereocenters. The molecule has 2 aromatic heterocycles. The smallest absolute Gasteiger partial charge is 0.342 e. The summed E-state index contributed by atoms with van der Waals surface area (Å²) in [6, 6.07) is 1.77. The van der Waals surface area contributed by atoms with Crippen LogP contribution in [0.3, 0.4) is 0 Å². The highest BCUT2D eigenvalue weighted by molar-refractivity contribution is 9.10. The first-order valence-electron chi connectivity index (χ1n) is 4.39. The van der Waals surface area contributed by atoms with Gasteiger partial charge in [0.2, 0.25) is 0 Å². The molecule has 6 heteroatoms. The Kier molecular flexibility index (Phi) is 2.68. The minimum Gasteiger partial charge on any atom is -0.462 e. The molecular weight excluding hydrogens is 262 g/mol. The number of carbonyl (C=O) groups is 1. The molecular formula is C9H8BrN3O2. The van der Waals surface area contributed by atoms with Crippen LogP contribution in [-0.4, -0.2) is 27.4 Å². The van der Waals surface area contributed by atoms with Gasteiger partial charge in [0, 0.05) is 4.47 Å². The summed E-state index contributed by atoms with van der Waals surface area (Å²) in [5.74, 6) is -0.382. The number of nitrogens with zero attached hydrogens (tertiary/aromatic N) is 3. The van der Waals surface area contributed by atoms with E-state index in [1.165, 1.54) is 10.8 Å². The van der Waals surface area contributed by atoms with Crippen molar-refractivity contribution in [2.24, 2.45) is 0 Å². The molecule has 2 aromatic rings. The van der Waals surface area contributed by atoms with Crippen LogP contribution in [0.5, 0.6) is 0 Å². The molecule has 0 radical (unpaired) electrons. The van der Waals surface area contributed by atoms with Crippen LogP contribution in [0, 0.1) is 0 Å². The lowest BCUT2D eigenvalue weighted by molar-refractivity contribution is 0.0528.